The number of aliphatic hydroxyl groups excluding tert-OH is 1. The summed E-state index contributed by atoms with van der Waals surface area (Å²) in [5.74, 6) is 0. The summed E-state index contributed by atoms with van der Waals surface area (Å²) >= 11 is 0. The van der Waals surface area contributed by atoms with Gasteiger partial charge in [-0.15, -0.1) is 0 Å². The van der Waals surface area contributed by atoms with Crippen LogP contribution >= 0.6 is 0 Å². The number of likely N-dealkylation sites (N-methyl/N-ethyl adjacent to an activating group) is 1. The van der Waals surface area contributed by atoms with E-state index in [-0.39, 0.29) is 18.2 Å². The van der Waals surface area contributed by atoms with Crippen molar-refractivity contribution < 1.29 is 5.11 Å². The molecule has 0 aliphatic carbocycles. The van der Waals surface area contributed by atoms with Crippen LogP contribution in [0.4, 0.5) is 0 Å². The summed E-state index contributed by atoms with van der Waals surface area (Å²) in [5, 5.41) is 9.30. The zero-order valence-corrected chi connectivity index (χ0v) is 12.0. The van der Waals surface area contributed by atoms with Crippen molar-refractivity contribution in [3.8, 4) is 0 Å². The largest absolute Gasteiger partial charge is 0.394 e. The highest BCUT2D eigenvalue weighted by Gasteiger charge is 2.22. The fraction of sp³-hybridized carbons (Fsp3) is 0.600. The Labute approximate surface area is 111 Å². The van der Waals surface area contributed by atoms with Crippen LogP contribution < -0.4 is 5.73 Å². The molecule has 1 atom stereocenters. The average Bonchev–Trinajstić information content (AvgIpc) is 2.36. The molecule has 3 N–H and O–H groups in total. The van der Waals surface area contributed by atoms with Gasteiger partial charge in [-0.3, -0.25) is 4.90 Å². The molecule has 0 radical (unpaired) electrons. The highest BCUT2D eigenvalue weighted by Crippen LogP contribution is 2.18. The molecule has 0 bridgehead atoms. The second-order valence-corrected chi connectivity index (χ2v) is 5.70. The van der Waals surface area contributed by atoms with Gasteiger partial charge >= 0.3 is 0 Å². The molecule has 3 nitrogen and oxygen atoms in total. The zero-order valence-electron chi connectivity index (χ0n) is 12.0. The smallest absolute Gasteiger partial charge is 0.0609 e. The average molecular weight is 250 g/mol. The van der Waals surface area contributed by atoms with Crippen LogP contribution in [0.5, 0.6) is 0 Å². The van der Waals surface area contributed by atoms with Gasteiger partial charge in [0, 0.05) is 18.1 Å². The molecule has 0 saturated heterocycles. The molecule has 1 unspecified atom stereocenters. The lowest BCUT2D eigenvalue weighted by Crippen LogP contribution is -2.45. The lowest BCUT2D eigenvalue weighted by atomic mass is 10.0. The van der Waals surface area contributed by atoms with Gasteiger partial charge in [0.25, 0.3) is 0 Å². The Kier molecular flexibility index (Phi) is 5.32. The predicted molar refractivity (Wildman–Crippen MR) is 76.5 cm³/mol. The molecule has 0 spiro atoms. The summed E-state index contributed by atoms with van der Waals surface area (Å²) in [7, 11) is 2.03. The van der Waals surface area contributed by atoms with E-state index in [4.69, 9.17) is 5.73 Å². The molecule has 1 rings (SSSR count). The Morgan fingerprint density at radius 2 is 1.83 bits per heavy atom. The number of benzene rings is 1. The molecule has 18 heavy (non-hydrogen) atoms. The van der Waals surface area contributed by atoms with Gasteiger partial charge in [-0.1, -0.05) is 29.8 Å². The minimum atomic E-state index is -0.188. The number of rotatable bonds is 6. The van der Waals surface area contributed by atoms with Gasteiger partial charge < -0.3 is 10.8 Å². The zero-order chi connectivity index (χ0) is 13.8. The molecule has 0 fully saturated rings. The van der Waals surface area contributed by atoms with E-state index in [0.29, 0.717) is 0 Å². The van der Waals surface area contributed by atoms with Crippen molar-refractivity contribution in [1.29, 1.82) is 0 Å². The quantitative estimate of drug-likeness (QED) is 0.813. The van der Waals surface area contributed by atoms with Crippen LogP contribution in [-0.4, -0.2) is 35.7 Å². The summed E-state index contributed by atoms with van der Waals surface area (Å²) in [5.41, 5.74) is 8.43. The van der Waals surface area contributed by atoms with Crippen molar-refractivity contribution in [2.24, 2.45) is 5.73 Å². The van der Waals surface area contributed by atoms with Crippen molar-refractivity contribution in [3.05, 3.63) is 35.4 Å². The molecule has 1 aromatic carbocycles. The van der Waals surface area contributed by atoms with Crippen LogP contribution in [0.25, 0.3) is 0 Å². The van der Waals surface area contributed by atoms with Gasteiger partial charge in [0.15, 0.2) is 0 Å². The van der Waals surface area contributed by atoms with E-state index >= 15 is 0 Å². The Bertz CT molecular complexity index is 359. The second kappa shape index (κ2) is 6.32. The molecular formula is C15H26N2O. The summed E-state index contributed by atoms with van der Waals surface area (Å²) in [6, 6.07) is 8.43. The van der Waals surface area contributed by atoms with Gasteiger partial charge in [-0.2, -0.15) is 0 Å². The third-order valence-electron chi connectivity index (χ3n) is 3.70. The highest BCUT2D eigenvalue weighted by molar-refractivity contribution is 5.23. The van der Waals surface area contributed by atoms with Gasteiger partial charge in [-0.05, 0) is 39.8 Å². The van der Waals surface area contributed by atoms with E-state index < -0.39 is 0 Å². The van der Waals surface area contributed by atoms with Crippen LogP contribution in [0, 0.1) is 6.92 Å². The Morgan fingerprint density at radius 3 is 2.33 bits per heavy atom. The number of hydrogen-bond acceptors (Lipinski definition) is 3. The van der Waals surface area contributed by atoms with Crippen LogP contribution in [-0.2, 0) is 0 Å². The maximum Gasteiger partial charge on any atom is 0.0609 e. The van der Waals surface area contributed by atoms with E-state index in [0.717, 1.165) is 13.0 Å². The Hall–Kier alpha value is -0.900. The SMILES string of the molecule is Cc1ccc(C(N)CCN(C)C(C)(C)CO)cc1. The molecule has 102 valence electrons. The van der Waals surface area contributed by atoms with Gasteiger partial charge in [-0.25, -0.2) is 0 Å². The summed E-state index contributed by atoms with van der Waals surface area (Å²) in [4.78, 5) is 2.15. The molecule has 0 amide bonds. The number of nitrogens with two attached hydrogens (primary N) is 1. The van der Waals surface area contributed by atoms with E-state index in [1.165, 1.54) is 11.1 Å². The normalized spacial score (nSPS) is 13.9. The van der Waals surface area contributed by atoms with Crippen molar-refractivity contribution >= 4 is 0 Å². The first-order valence-corrected chi connectivity index (χ1v) is 6.51. The Balaban J connectivity index is 2.51. The van der Waals surface area contributed by atoms with Gasteiger partial charge in [0.05, 0.1) is 6.61 Å². The maximum absolute atomic E-state index is 9.30. The minimum absolute atomic E-state index is 0.0579. The Morgan fingerprint density at radius 1 is 1.28 bits per heavy atom. The topological polar surface area (TPSA) is 49.5 Å². The predicted octanol–water partition coefficient (Wildman–Crippen LogP) is 2.09. The number of aliphatic hydroxyl groups is 1. The fourth-order valence-corrected chi connectivity index (χ4v) is 1.74. The monoisotopic (exact) mass is 250 g/mol. The van der Waals surface area contributed by atoms with E-state index in [1.54, 1.807) is 0 Å². The molecule has 3 heteroatoms. The summed E-state index contributed by atoms with van der Waals surface area (Å²) in [6.07, 6.45) is 0.892. The van der Waals surface area contributed by atoms with Crippen LogP contribution in [0.15, 0.2) is 24.3 Å². The third kappa shape index (κ3) is 4.09. The molecule has 1 aromatic rings. The summed E-state index contributed by atoms with van der Waals surface area (Å²) in [6.45, 7) is 7.17. The number of hydrogen-bond donors (Lipinski definition) is 2. The second-order valence-electron chi connectivity index (χ2n) is 5.70. The van der Waals surface area contributed by atoms with Crippen molar-refractivity contribution in [2.75, 3.05) is 20.2 Å². The van der Waals surface area contributed by atoms with Crippen molar-refractivity contribution in [2.45, 2.75) is 38.8 Å². The molecule has 0 aliphatic heterocycles. The van der Waals surface area contributed by atoms with Crippen molar-refractivity contribution in [3.63, 3.8) is 0 Å². The van der Waals surface area contributed by atoms with E-state index in [9.17, 15) is 5.11 Å². The molecule has 0 heterocycles. The van der Waals surface area contributed by atoms with E-state index in [2.05, 4.69) is 36.1 Å². The lowest BCUT2D eigenvalue weighted by Gasteiger charge is -2.34. The standard InChI is InChI=1S/C15H26N2O/c1-12-5-7-13(8-6-12)14(16)9-10-17(4)15(2,3)11-18/h5-8,14,18H,9-11,16H2,1-4H3. The van der Waals surface area contributed by atoms with E-state index in [1.807, 2.05) is 20.9 Å². The van der Waals surface area contributed by atoms with Crippen LogP contribution in [0.1, 0.15) is 37.4 Å². The maximum atomic E-state index is 9.30. The molecule has 0 aliphatic rings. The van der Waals surface area contributed by atoms with Crippen molar-refractivity contribution in [1.82, 2.24) is 4.90 Å². The number of aryl methyl sites for hydroxylation is 1. The van der Waals surface area contributed by atoms with Gasteiger partial charge in [0.2, 0.25) is 0 Å². The third-order valence-corrected chi connectivity index (χ3v) is 3.70. The first kappa shape index (κ1) is 15.2. The fourth-order valence-electron chi connectivity index (χ4n) is 1.74. The molecule has 0 aromatic heterocycles. The first-order chi connectivity index (χ1) is 8.36. The lowest BCUT2D eigenvalue weighted by molar-refractivity contribution is 0.0767. The molecule has 0 saturated carbocycles. The first-order valence-electron chi connectivity index (χ1n) is 6.51. The minimum Gasteiger partial charge on any atom is -0.394 e. The van der Waals surface area contributed by atoms with Gasteiger partial charge in [0.1, 0.15) is 0 Å². The number of nitrogens with zero attached hydrogens (tertiary/aromatic N) is 1. The highest BCUT2D eigenvalue weighted by atomic mass is 16.3. The van der Waals surface area contributed by atoms with Crippen LogP contribution in [0.3, 0.4) is 0 Å². The van der Waals surface area contributed by atoms with Crippen LogP contribution in [0.2, 0.25) is 0 Å². The molecular weight excluding hydrogens is 224 g/mol. The summed E-state index contributed by atoms with van der Waals surface area (Å²) < 4.78 is 0.